The van der Waals surface area contributed by atoms with Crippen molar-refractivity contribution in [2.24, 2.45) is 0 Å². The third kappa shape index (κ3) is 22.8. The molecule has 0 amide bonds. The van der Waals surface area contributed by atoms with Crippen LogP contribution in [-0.4, -0.2) is 154 Å². The number of halogens is 4. The Balaban J connectivity index is 0.000000107. The standard InChI is InChI=1S/2C23H23N5O.C17H17ClN4O.C17H18N4.C16H14Cl2N4.C16H15ClN4.CH4/c2*1-29-21-12-23-25-14-20(28(23)15-18(21)16-6-5-11-24-13-16)19-9-4-10-22(27-19)26-17-7-2-3-8-17;1-23-13-7-14(21-16(8-13)20-12-3-2-4-12)15-9-19-17-6-5-11(18)10-22(15)17;1-12-8-9-21-15(11-18-17(21)10-12)14-6-3-7-16(20-14)19-13-4-2-5-13;17-11-7-16-19-8-14(22(16)9-12(11)18)13-5-2-6-15(21-13)20-10-3-1-4-10;17-11-7-8-21-14(10-18-16(21)9-11)13-5-2-6-15(20-13)19-12-3-1-4-12;/h2*4-6,9-15,17H,2-3,7-8H2,1H3,(H,26,27);5-10,12H,2-4H2,1H3,(H,20,21);3,6-11,13H,2,4-5H2,1H3,(H,19,20);2,5-10H,1,3-4H2,(H,20,21);2,5-10,12H,1,3-4H2,(H,19,20);1H4. The molecule has 0 bridgehead atoms. The molecule has 33 heteroatoms. The molecule has 0 aromatic carbocycles. The van der Waals surface area contributed by atoms with E-state index in [1.807, 2.05) is 233 Å². The normalized spacial score (nSPS) is 14.6. The van der Waals surface area contributed by atoms with E-state index in [9.17, 15) is 0 Å². The Labute approximate surface area is 866 Å². The van der Waals surface area contributed by atoms with Crippen LogP contribution in [0.1, 0.15) is 141 Å². The first-order valence-corrected chi connectivity index (χ1v) is 51.1. The number of aromatic nitrogens is 20. The molecule has 6 fully saturated rings. The zero-order valence-electron chi connectivity index (χ0n) is 80.8. The first kappa shape index (κ1) is 98.1. The van der Waals surface area contributed by atoms with Crippen molar-refractivity contribution >= 4 is 115 Å². The molecule has 0 atom stereocenters. The molecule has 6 aliphatic carbocycles. The summed E-state index contributed by atoms with van der Waals surface area (Å²) in [5.74, 6) is 7.78. The van der Waals surface area contributed by atoms with E-state index in [2.05, 4.69) is 116 Å². The van der Waals surface area contributed by atoms with Gasteiger partial charge in [0, 0.05) is 162 Å². The average Bonchev–Trinajstić information content (AvgIpc) is 1.61. The molecule has 0 aliphatic heterocycles. The summed E-state index contributed by atoms with van der Waals surface area (Å²) >= 11 is 24.3. The molecule has 0 radical (unpaired) electrons. The Morgan fingerprint density at radius 1 is 0.281 bits per heavy atom. The minimum Gasteiger partial charge on any atom is -0.497 e. The number of aryl methyl sites for hydroxylation is 1. The molecular formula is C113H114Cl4N26O3. The van der Waals surface area contributed by atoms with Crippen molar-refractivity contribution in [3.8, 4) is 108 Å². The molecule has 20 heterocycles. The van der Waals surface area contributed by atoms with E-state index >= 15 is 0 Å². The van der Waals surface area contributed by atoms with Crippen molar-refractivity contribution in [1.82, 2.24) is 96.2 Å². The first-order chi connectivity index (χ1) is 71.1. The molecule has 20 aromatic heterocycles. The Morgan fingerprint density at radius 2 is 0.623 bits per heavy atom. The van der Waals surface area contributed by atoms with Gasteiger partial charge in [0.2, 0.25) is 0 Å². The molecule has 6 saturated carbocycles. The van der Waals surface area contributed by atoms with Gasteiger partial charge in [0.25, 0.3) is 0 Å². The van der Waals surface area contributed by atoms with Crippen molar-refractivity contribution in [1.29, 1.82) is 0 Å². The maximum absolute atomic E-state index is 6.12. The van der Waals surface area contributed by atoms with E-state index in [0.29, 0.717) is 56.3 Å². The zero-order chi connectivity index (χ0) is 98.6. The zero-order valence-corrected chi connectivity index (χ0v) is 83.9. The number of hydrogen-bond acceptors (Lipinski definition) is 23. The van der Waals surface area contributed by atoms with E-state index in [4.69, 9.17) is 90.5 Å². The van der Waals surface area contributed by atoms with Gasteiger partial charge in [0.15, 0.2) is 0 Å². The number of fused-ring (bicyclic) bond motifs is 6. The number of imidazole rings is 6. The SMILES string of the molecule is C.COc1cc(NC2CCC2)nc(-c2cnc3ccc(Cl)cn23)c1.COc1cc2ncc(-c3cccc(NC4CCCC4)n3)n2cc1-c1cccnc1.COc1cc2ncc(-c3cccc(NC4CCCC4)n3)n2cc1-c1cccnc1.Cc1ccn2c(-c3cccc(NC4CCC4)n3)cnc2c1.Clc1cc2ncc(-c3cccc(NC4CCC4)n3)n2cc1Cl.Clc1ccn2c(-c3cccc(NC4CCC4)n3)cnc2c1. The van der Waals surface area contributed by atoms with Gasteiger partial charge in [-0.05, 0) is 218 Å². The third-order valence-electron chi connectivity index (χ3n) is 27.4. The summed E-state index contributed by atoms with van der Waals surface area (Å²) in [6.07, 6.45) is 55.0. The van der Waals surface area contributed by atoms with Gasteiger partial charge in [0.05, 0.1) is 142 Å². The summed E-state index contributed by atoms with van der Waals surface area (Å²) in [5, 5.41) is 23.4. The summed E-state index contributed by atoms with van der Waals surface area (Å²) in [7, 11) is 5.02. The van der Waals surface area contributed by atoms with Crippen LogP contribution in [0.25, 0.3) is 124 Å². The molecule has 0 spiro atoms. The largest absolute Gasteiger partial charge is 0.497 e. The highest BCUT2D eigenvalue weighted by Crippen LogP contribution is 2.40. The quantitative estimate of drug-likeness (QED) is 0.0347. The lowest BCUT2D eigenvalue weighted by molar-refractivity contribution is 0.413. The number of methoxy groups -OCH3 is 3. The van der Waals surface area contributed by atoms with Crippen LogP contribution in [0.15, 0.2) is 281 Å². The molecule has 20 aromatic rings. The van der Waals surface area contributed by atoms with Gasteiger partial charge in [-0.15, -0.1) is 0 Å². The Bertz CT molecular complexity index is 7600. The van der Waals surface area contributed by atoms with Crippen molar-refractivity contribution in [3.05, 3.63) is 307 Å². The number of anilines is 6. The van der Waals surface area contributed by atoms with E-state index in [-0.39, 0.29) is 7.43 Å². The molecule has 6 aliphatic rings. The number of rotatable bonds is 23. The van der Waals surface area contributed by atoms with E-state index in [1.54, 1.807) is 58.4 Å². The number of nitrogens with one attached hydrogen (secondary N) is 6. The third-order valence-corrected chi connectivity index (χ3v) is 28.5. The number of hydrogen-bond donors (Lipinski definition) is 6. The fourth-order valence-electron chi connectivity index (χ4n) is 18.7. The fraction of sp³-hybridized carbons (Fsp3) is 0.274. The van der Waals surface area contributed by atoms with Crippen LogP contribution < -0.4 is 46.1 Å². The molecule has 6 N–H and O–H groups in total. The number of pyridine rings is 14. The highest BCUT2D eigenvalue weighted by Gasteiger charge is 2.27. The monoisotopic (exact) mass is 2020 g/mol. The van der Waals surface area contributed by atoms with Crippen molar-refractivity contribution in [3.63, 3.8) is 0 Å². The van der Waals surface area contributed by atoms with Gasteiger partial charge in [-0.1, -0.05) is 122 Å². The van der Waals surface area contributed by atoms with Crippen LogP contribution in [0.2, 0.25) is 20.1 Å². The van der Waals surface area contributed by atoms with Crippen LogP contribution in [0.4, 0.5) is 34.9 Å². The van der Waals surface area contributed by atoms with Crippen LogP contribution in [0, 0.1) is 6.92 Å². The summed E-state index contributed by atoms with van der Waals surface area (Å²) in [6, 6.07) is 62.6. The topological polar surface area (TPSA) is 307 Å². The van der Waals surface area contributed by atoms with Gasteiger partial charge in [-0.3, -0.25) is 36.4 Å². The fourth-order valence-corrected chi connectivity index (χ4v) is 19.3. The summed E-state index contributed by atoms with van der Waals surface area (Å²) < 4.78 is 28.7. The lowest BCUT2D eigenvalue weighted by Gasteiger charge is -2.27. The van der Waals surface area contributed by atoms with Crippen LogP contribution in [-0.2, 0) is 0 Å². The van der Waals surface area contributed by atoms with Crippen molar-refractivity contribution in [2.45, 2.75) is 179 Å². The smallest absolute Gasteiger partial charge is 0.140 e. The molecule has 0 saturated heterocycles. The first-order valence-electron chi connectivity index (χ1n) is 49.6. The Hall–Kier alpha value is -15.3. The highest BCUT2D eigenvalue weighted by atomic mass is 35.5. The minimum absolute atomic E-state index is 0. The number of ether oxygens (including phenoxy) is 3. The molecule has 742 valence electrons. The minimum atomic E-state index is 0. The van der Waals surface area contributed by atoms with Gasteiger partial charge < -0.3 is 46.1 Å². The molecule has 0 unspecified atom stereocenters. The van der Waals surface area contributed by atoms with Crippen molar-refractivity contribution < 1.29 is 14.2 Å². The maximum Gasteiger partial charge on any atom is 0.140 e. The van der Waals surface area contributed by atoms with Crippen LogP contribution in [0.3, 0.4) is 0 Å². The lowest BCUT2D eigenvalue weighted by atomic mass is 9.93. The van der Waals surface area contributed by atoms with Gasteiger partial charge in [-0.25, -0.2) is 59.8 Å². The number of nitrogens with zero attached hydrogens (tertiary/aromatic N) is 20. The Kier molecular flexibility index (Phi) is 30.5. The summed E-state index contributed by atoms with van der Waals surface area (Å²) in [6.45, 7) is 2.08. The van der Waals surface area contributed by atoms with Gasteiger partial charge >= 0.3 is 0 Å². The summed E-state index contributed by atoms with van der Waals surface area (Å²) in [5.41, 5.74) is 21.1. The second kappa shape index (κ2) is 45.3. The van der Waals surface area contributed by atoms with E-state index in [1.165, 1.54) is 134 Å². The molecule has 26 rings (SSSR count). The van der Waals surface area contributed by atoms with E-state index in [0.717, 1.165) is 177 Å². The second-order valence-corrected chi connectivity index (χ2v) is 38.9. The van der Waals surface area contributed by atoms with Crippen LogP contribution >= 0.6 is 46.4 Å². The predicted octanol–water partition coefficient (Wildman–Crippen LogP) is 26.7. The average molecular weight is 2030 g/mol. The molecule has 146 heavy (non-hydrogen) atoms. The highest BCUT2D eigenvalue weighted by molar-refractivity contribution is 6.42. The molecular weight excluding hydrogens is 1910 g/mol. The second-order valence-electron chi connectivity index (χ2n) is 37.2. The molecule has 29 nitrogen and oxygen atoms in total. The van der Waals surface area contributed by atoms with Gasteiger partial charge in [0.1, 0.15) is 86.0 Å². The van der Waals surface area contributed by atoms with Gasteiger partial charge in [-0.2, -0.15) is 0 Å². The Morgan fingerprint density at radius 3 is 1.01 bits per heavy atom. The van der Waals surface area contributed by atoms with Crippen molar-refractivity contribution in [2.75, 3.05) is 53.2 Å². The lowest BCUT2D eigenvalue weighted by Crippen LogP contribution is -2.27. The maximum atomic E-state index is 6.12. The summed E-state index contributed by atoms with van der Waals surface area (Å²) in [4.78, 5) is 63.9. The predicted molar refractivity (Wildman–Crippen MR) is 585 cm³/mol. The van der Waals surface area contributed by atoms with E-state index < -0.39 is 0 Å². The van der Waals surface area contributed by atoms with Crippen LogP contribution in [0.5, 0.6) is 17.2 Å².